The van der Waals surface area contributed by atoms with Gasteiger partial charge in [0.05, 0.1) is 23.1 Å². The number of hydrogen-bond acceptors (Lipinski definition) is 6. The summed E-state index contributed by atoms with van der Waals surface area (Å²) >= 11 is 0. The Labute approximate surface area is 195 Å². The van der Waals surface area contributed by atoms with Crippen molar-refractivity contribution in [2.75, 3.05) is 35.2 Å². The molecule has 5 heterocycles. The fourth-order valence-corrected chi connectivity index (χ4v) is 5.22. The molecule has 3 N–H and O–H groups in total. The van der Waals surface area contributed by atoms with Crippen LogP contribution in [0, 0.1) is 0 Å². The summed E-state index contributed by atoms with van der Waals surface area (Å²) < 4.78 is 1.81. The van der Waals surface area contributed by atoms with Gasteiger partial charge in [0.2, 0.25) is 0 Å². The number of nitrogens with zero attached hydrogens (tertiary/aromatic N) is 5. The lowest BCUT2D eigenvalue weighted by molar-refractivity contribution is 0.0984. The topological polar surface area (TPSA) is 113 Å². The molecule has 4 aromatic rings. The molecule has 0 unspecified atom stereocenters. The summed E-state index contributed by atoms with van der Waals surface area (Å²) in [4.78, 5) is 41.3. The SMILES string of the molecule is Nc1cnc(C(=O)N2CCc3ccccc32)cc1N1CCC(n2c(=O)[nH]c3ncccc32)CC1. The molecule has 1 fully saturated rings. The van der Waals surface area contributed by atoms with Crippen LogP contribution in [0.15, 0.2) is 59.7 Å². The summed E-state index contributed by atoms with van der Waals surface area (Å²) in [6.07, 6.45) is 5.67. The van der Waals surface area contributed by atoms with E-state index in [1.165, 1.54) is 5.56 Å². The molecule has 0 radical (unpaired) electrons. The first kappa shape index (κ1) is 20.5. The summed E-state index contributed by atoms with van der Waals surface area (Å²) in [5.41, 5.74) is 11.5. The number of anilines is 3. The van der Waals surface area contributed by atoms with E-state index in [1.807, 2.05) is 34.9 Å². The van der Waals surface area contributed by atoms with Crippen LogP contribution in [0.1, 0.15) is 34.9 Å². The lowest BCUT2D eigenvalue weighted by atomic mass is 10.0. The Bertz CT molecular complexity index is 1450. The maximum absolute atomic E-state index is 13.3. The van der Waals surface area contributed by atoms with Crippen LogP contribution in [0.5, 0.6) is 0 Å². The third kappa shape index (κ3) is 3.32. The van der Waals surface area contributed by atoms with Crippen LogP contribution in [0.3, 0.4) is 0 Å². The summed E-state index contributed by atoms with van der Waals surface area (Å²) in [6.45, 7) is 2.09. The second kappa shape index (κ2) is 8.02. The minimum atomic E-state index is -0.130. The van der Waals surface area contributed by atoms with Crippen LogP contribution in [-0.4, -0.2) is 45.1 Å². The normalized spacial score (nSPS) is 16.2. The molecule has 6 rings (SSSR count). The van der Waals surface area contributed by atoms with Gasteiger partial charge in [-0.2, -0.15) is 0 Å². The van der Waals surface area contributed by atoms with E-state index in [9.17, 15) is 9.59 Å². The Morgan fingerprint density at radius 3 is 2.71 bits per heavy atom. The number of para-hydroxylation sites is 1. The van der Waals surface area contributed by atoms with Gasteiger partial charge in [0.1, 0.15) is 5.69 Å². The van der Waals surface area contributed by atoms with E-state index in [1.54, 1.807) is 23.4 Å². The molecular weight excluding hydrogens is 430 g/mol. The van der Waals surface area contributed by atoms with E-state index in [-0.39, 0.29) is 17.6 Å². The largest absolute Gasteiger partial charge is 0.396 e. The first-order chi connectivity index (χ1) is 16.6. The molecule has 3 aromatic heterocycles. The molecule has 1 aromatic carbocycles. The van der Waals surface area contributed by atoms with Crippen LogP contribution in [0.4, 0.5) is 17.1 Å². The van der Waals surface area contributed by atoms with Gasteiger partial charge in [0.25, 0.3) is 5.91 Å². The molecule has 1 amide bonds. The first-order valence-corrected chi connectivity index (χ1v) is 11.6. The zero-order valence-corrected chi connectivity index (χ0v) is 18.6. The van der Waals surface area contributed by atoms with Crippen molar-refractivity contribution in [1.29, 1.82) is 0 Å². The smallest absolute Gasteiger partial charge is 0.327 e. The molecule has 0 aliphatic carbocycles. The van der Waals surface area contributed by atoms with E-state index in [0.29, 0.717) is 23.6 Å². The number of pyridine rings is 2. The number of nitrogen functional groups attached to an aromatic ring is 1. The van der Waals surface area contributed by atoms with Gasteiger partial charge >= 0.3 is 5.69 Å². The molecule has 0 bridgehead atoms. The summed E-state index contributed by atoms with van der Waals surface area (Å²) in [5, 5.41) is 0. The van der Waals surface area contributed by atoms with Gasteiger partial charge in [-0.25, -0.2) is 14.8 Å². The Hall–Kier alpha value is -4.14. The lowest BCUT2D eigenvalue weighted by Crippen LogP contribution is -2.37. The maximum atomic E-state index is 13.3. The highest BCUT2D eigenvalue weighted by atomic mass is 16.2. The molecule has 9 heteroatoms. The van der Waals surface area contributed by atoms with Gasteiger partial charge in [0, 0.05) is 37.6 Å². The van der Waals surface area contributed by atoms with E-state index in [2.05, 4.69) is 25.9 Å². The summed E-state index contributed by atoms with van der Waals surface area (Å²) in [6, 6.07) is 13.6. The minimum absolute atomic E-state index is 0.0759. The van der Waals surface area contributed by atoms with Crippen LogP contribution >= 0.6 is 0 Å². The zero-order chi connectivity index (χ0) is 23.2. The number of nitrogens with two attached hydrogens (primary N) is 1. The number of rotatable bonds is 3. The Balaban J connectivity index is 1.23. The monoisotopic (exact) mass is 455 g/mol. The molecule has 34 heavy (non-hydrogen) atoms. The van der Waals surface area contributed by atoms with Crippen molar-refractivity contribution in [3.8, 4) is 0 Å². The average molecular weight is 456 g/mol. The van der Waals surface area contributed by atoms with Crippen LogP contribution < -0.4 is 21.2 Å². The molecular formula is C25H25N7O2. The van der Waals surface area contributed by atoms with Gasteiger partial charge in [-0.1, -0.05) is 18.2 Å². The van der Waals surface area contributed by atoms with Crippen molar-refractivity contribution in [2.24, 2.45) is 0 Å². The van der Waals surface area contributed by atoms with Crippen molar-refractivity contribution >= 4 is 34.1 Å². The maximum Gasteiger partial charge on any atom is 0.327 e. The number of carbonyl (C=O) groups excluding carboxylic acids is 1. The number of amides is 1. The number of fused-ring (bicyclic) bond motifs is 2. The van der Waals surface area contributed by atoms with Crippen molar-refractivity contribution < 1.29 is 4.79 Å². The molecule has 2 aliphatic rings. The zero-order valence-electron chi connectivity index (χ0n) is 18.6. The number of nitrogens with one attached hydrogen (secondary N) is 1. The predicted octanol–water partition coefficient (Wildman–Crippen LogP) is 2.75. The predicted molar refractivity (Wildman–Crippen MR) is 131 cm³/mol. The van der Waals surface area contributed by atoms with Crippen LogP contribution in [0.2, 0.25) is 0 Å². The highest BCUT2D eigenvalue weighted by Crippen LogP contribution is 2.33. The highest BCUT2D eigenvalue weighted by Gasteiger charge is 2.28. The van der Waals surface area contributed by atoms with Crippen molar-refractivity contribution in [1.82, 2.24) is 19.5 Å². The number of carbonyl (C=O) groups is 1. The number of hydrogen-bond donors (Lipinski definition) is 2. The second-order valence-corrected chi connectivity index (χ2v) is 8.85. The molecule has 0 atom stereocenters. The van der Waals surface area contributed by atoms with Gasteiger partial charge in [-0.15, -0.1) is 0 Å². The van der Waals surface area contributed by atoms with Gasteiger partial charge in [-0.3, -0.25) is 14.3 Å². The lowest BCUT2D eigenvalue weighted by Gasteiger charge is -2.34. The number of piperidine rings is 1. The fourth-order valence-electron chi connectivity index (χ4n) is 5.22. The molecule has 0 saturated carbocycles. The van der Waals surface area contributed by atoms with Crippen LogP contribution in [0.25, 0.3) is 11.2 Å². The number of benzene rings is 1. The fraction of sp³-hybridized carbons (Fsp3) is 0.280. The van der Waals surface area contributed by atoms with Crippen molar-refractivity contribution in [3.63, 3.8) is 0 Å². The van der Waals surface area contributed by atoms with E-state index in [0.717, 1.165) is 49.2 Å². The number of aromatic amines is 1. The van der Waals surface area contributed by atoms with Crippen molar-refractivity contribution in [2.45, 2.75) is 25.3 Å². The van der Waals surface area contributed by atoms with Gasteiger partial charge in [-0.05, 0) is 49.1 Å². The molecule has 9 nitrogen and oxygen atoms in total. The molecule has 0 spiro atoms. The molecule has 2 aliphatic heterocycles. The Morgan fingerprint density at radius 2 is 1.85 bits per heavy atom. The first-order valence-electron chi connectivity index (χ1n) is 11.6. The molecule has 172 valence electrons. The summed E-state index contributed by atoms with van der Waals surface area (Å²) in [7, 11) is 0. The second-order valence-electron chi connectivity index (χ2n) is 8.85. The average Bonchev–Trinajstić information content (AvgIpc) is 3.44. The Kier molecular flexibility index (Phi) is 4.83. The highest BCUT2D eigenvalue weighted by molar-refractivity contribution is 6.06. The van der Waals surface area contributed by atoms with Crippen molar-refractivity contribution in [3.05, 3.63) is 76.6 Å². The minimum Gasteiger partial charge on any atom is -0.396 e. The quantitative estimate of drug-likeness (QED) is 0.491. The van der Waals surface area contributed by atoms with E-state index in [4.69, 9.17) is 5.73 Å². The third-order valence-corrected chi connectivity index (χ3v) is 6.92. The van der Waals surface area contributed by atoms with Gasteiger partial charge < -0.3 is 15.5 Å². The van der Waals surface area contributed by atoms with E-state index >= 15 is 0 Å². The Morgan fingerprint density at radius 1 is 1.03 bits per heavy atom. The third-order valence-electron chi connectivity index (χ3n) is 6.92. The van der Waals surface area contributed by atoms with Crippen LogP contribution in [-0.2, 0) is 6.42 Å². The standard InChI is InChI=1S/C25H25N7O2/c26-18-15-28-19(24(33)31-13-7-16-4-1-2-5-20(16)31)14-22(18)30-11-8-17(9-12-30)32-21-6-3-10-27-23(21)29-25(32)34/h1-6,10,14-15,17H,7-9,11-13,26H2,(H,27,29,34). The molecule has 1 saturated heterocycles. The van der Waals surface area contributed by atoms with Gasteiger partial charge in [0.15, 0.2) is 5.65 Å². The van der Waals surface area contributed by atoms with E-state index < -0.39 is 0 Å². The number of H-pyrrole nitrogens is 1. The number of imidazole rings is 1. The number of aromatic nitrogens is 4. The summed E-state index contributed by atoms with van der Waals surface area (Å²) in [5.74, 6) is -0.112.